The van der Waals surface area contributed by atoms with E-state index < -0.39 is 6.61 Å². The molecule has 0 aromatic heterocycles. The van der Waals surface area contributed by atoms with Gasteiger partial charge in [0.15, 0.2) is 17.5 Å². The fourth-order valence-corrected chi connectivity index (χ4v) is 3.48. The number of benzene rings is 1. The summed E-state index contributed by atoms with van der Waals surface area (Å²) in [6, 6.07) is 5.07. The molecule has 1 aliphatic heterocycles. The molecule has 0 radical (unpaired) electrons. The van der Waals surface area contributed by atoms with Crippen LogP contribution in [0.3, 0.4) is 0 Å². The molecule has 1 aromatic carbocycles. The highest BCUT2D eigenvalue weighted by Crippen LogP contribution is 2.33. The summed E-state index contributed by atoms with van der Waals surface area (Å²) in [7, 11) is 0. The van der Waals surface area contributed by atoms with Gasteiger partial charge in [-0.15, -0.1) is 24.0 Å². The quantitative estimate of drug-likeness (QED) is 0.240. The van der Waals surface area contributed by atoms with Gasteiger partial charge in [-0.25, -0.2) is 4.99 Å². The molecule has 1 fully saturated rings. The molecule has 0 bridgehead atoms. The van der Waals surface area contributed by atoms with Crippen LogP contribution < -0.4 is 20.1 Å². The molecule has 0 amide bonds. The molecule has 2 N–H and O–H groups in total. The lowest BCUT2D eigenvalue weighted by Crippen LogP contribution is -2.50. The highest BCUT2D eigenvalue weighted by molar-refractivity contribution is 14.0. The Morgan fingerprint density at radius 3 is 2.72 bits per heavy atom. The summed E-state index contributed by atoms with van der Waals surface area (Å²) in [5, 5.41) is 6.49. The largest absolute Gasteiger partial charge is 0.490 e. The van der Waals surface area contributed by atoms with E-state index >= 15 is 0 Å². The van der Waals surface area contributed by atoms with Crippen LogP contribution in [-0.2, 0) is 11.3 Å². The van der Waals surface area contributed by atoms with E-state index in [4.69, 9.17) is 14.2 Å². The summed E-state index contributed by atoms with van der Waals surface area (Å²) >= 11 is 0. The van der Waals surface area contributed by atoms with Gasteiger partial charge in [-0.1, -0.05) is 26.0 Å². The summed E-state index contributed by atoms with van der Waals surface area (Å²) in [6.07, 6.45) is 0.0652. The predicted octanol–water partition coefficient (Wildman–Crippen LogP) is 3.72. The lowest BCUT2D eigenvalue weighted by molar-refractivity contribution is -0.0520. The van der Waals surface area contributed by atoms with Gasteiger partial charge < -0.3 is 24.8 Å². The maximum absolute atomic E-state index is 12.9. The second-order valence-corrected chi connectivity index (χ2v) is 7.78. The average Bonchev–Trinajstić information content (AvgIpc) is 2.71. The van der Waals surface area contributed by atoms with Gasteiger partial charge in [-0.2, -0.15) is 8.78 Å². The SMILES string of the molecule is CCNC(=NCc1cccc(OCC)c1OC(F)F)NCC1CN(CC(C)C)CCO1.I. The van der Waals surface area contributed by atoms with Crippen molar-refractivity contribution in [2.75, 3.05) is 45.9 Å². The third-order valence-electron chi connectivity index (χ3n) is 4.66. The first-order valence-corrected chi connectivity index (χ1v) is 11.0. The number of aliphatic imine (C=N–C) groups is 1. The third kappa shape index (κ3) is 10.0. The molecule has 1 saturated heterocycles. The van der Waals surface area contributed by atoms with Crippen LogP contribution >= 0.6 is 24.0 Å². The van der Waals surface area contributed by atoms with Gasteiger partial charge in [-0.3, -0.25) is 4.90 Å². The lowest BCUT2D eigenvalue weighted by Gasteiger charge is -2.34. The summed E-state index contributed by atoms with van der Waals surface area (Å²) in [5.41, 5.74) is 0.528. The molecule has 1 aromatic rings. The molecule has 0 spiro atoms. The van der Waals surface area contributed by atoms with E-state index in [0.717, 1.165) is 19.6 Å². The molecule has 1 atom stereocenters. The number of alkyl halides is 2. The number of nitrogens with one attached hydrogen (secondary N) is 2. The number of ether oxygens (including phenoxy) is 3. The maximum Gasteiger partial charge on any atom is 0.387 e. The number of hydrogen-bond acceptors (Lipinski definition) is 5. The van der Waals surface area contributed by atoms with Crippen LogP contribution in [0.4, 0.5) is 8.78 Å². The molecule has 1 unspecified atom stereocenters. The molecule has 2 rings (SSSR count). The number of halogens is 3. The summed E-state index contributed by atoms with van der Waals surface area (Å²) in [6.45, 7) is 10.6. The highest BCUT2D eigenvalue weighted by atomic mass is 127. The second-order valence-electron chi connectivity index (χ2n) is 7.78. The van der Waals surface area contributed by atoms with Crippen LogP contribution in [0.15, 0.2) is 23.2 Å². The van der Waals surface area contributed by atoms with Crippen LogP contribution in [-0.4, -0.2) is 69.5 Å². The minimum atomic E-state index is -2.94. The Hall–Kier alpha value is -1.40. The Kier molecular flexibility index (Phi) is 13.8. The molecule has 0 aliphatic carbocycles. The van der Waals surface area contributed by atoms with Gasteiger partial charge in [0.2, 0.25) is 0 Å². The fourth-order valence-electron chi connectivity index (χ4n) is 3.48. The van der Waals surface area contributed by atoms with Gasteiger partial charge in [0.25, 0.3) is 0 Å². The molecule has 10 heteroatoms. The zero-order valence-electron chi connectivity index (χ0n) is 19.4. The predicted molar refractivity (Wildman–Crippen MR) is 133 cm³/mol. The Bertz CT molecular complexity index is 695. The Morgan fingerprint density at radius 2 is 2.06 bits per heavy atom. The number of morpholine rings is 1. The van der Waals surface area contributed by atoms with Crippen LogP contribution in [0.5, 0.6) is 11.5 Å². The van der Waals surface area contributed by atoms with Crippen molar-refractivity contribution in [1.82, 2.24) is 15.5 Å². The van der Waals surface area contributed by atoms with Crippen molar-refractivity contribution in [2.45, 2.75) is 47.0 Å². The molecule has 1 heterocycles. The first kappa shape index (κ1) is 28.6. The van der Waals surface area contributed by atoms with Gasteiger partial charge in [0, 0.05) is 38.3 Å². The van der Waals surface area contributed by atoms with E-state index in [1.807, 2.05) is 6.92 Å². The highest BCUT2D eigenvalue weighted by Gasteiger charge is 2.21. The molecule has 0 saturated carbocycles. The van der Waals surface area contributed by atoms with Gasteiger partial charge >= 0.3 is 6.61 Å². The van der Waals surface area contributed by atoms with Crippen molar-refractivity contribution in [3.05, 3.63) is 23.8 Å². The zero-order chi connectivity index (χ0) is 22.6. The minimum Gasteiger partial charge on any atom is -0.490 e. The van der Waals surface area contributed by atoms with E-state index in [9.17, 15) is 8.78 Å². The normalized spacial score (nSPS) is 17.2. The van der Waals surface area contributed by atoms with Crippen molar-refractivity contribution in [3.63, 3.8) is 0 Å². The van der Waals surface area contributed by atoms with Crippen molar-refractivity contribution in [3.8, 4) is 11.5 Å². The van der Waals surface area contributed by atoms with Crippen LogP contribution in [0, 0.1) is 5.92 Å². The molecular formula is C22H37F2IN4O3. The topological polar surface area (TPSA) is 67.4 Å². The van der Waals surface area contributed by atoms with E-state index in [-0.39, 0.29) is 48.1 Å². The Morgan fingerprint density at radius 1 is 1.28 bits per heavy atom. The first-order valence-electron chi connectivity index (χ1n) is 11.0. The van der Waals surface area contributed by atoms with E-state index in [2.05, 4.69) is 34.4 Å². The maximum atomic E-state index is 12.9. The fraction of sp³-hybridized carbons (Fsp3) is 0.682. The molecular weight excluding hydrogens is 533 g/mol. The molecule has 1 aliphatic rings. The second kappa shape index (κ2) is 15.4. The number of hydrogen-bond donors (Lipinski definition) is 2. The van der Waals surface area contributed by atoms with Gasteiger partial charge in [0.1, 0.15) is 0 Å². The molecule has 184 valence electrons. The van der Waals surface area contributed by atoms with Crippen molar-refractivity contribution >= 4 is 29.9 Å². The number of para-hydroxylation sites is 1. The summed E-state index contributed by atoms with van der Waals surface area (Å²) in [5.74, 6) is 1.52. The van der Waals surface area contributed by atoms with Crippen LogP contribution in [0.2, 0.25) is 0 Å². The number of guanidine groups is 1. The van der Waals surface area contributed by atoms with Crippen LogP contribution in [0.25, 0.3) is 0 Å². The van der Waals surface area contributed by atoms with Crippen molar-refractivity contribution in [1.29, 1.82) is 0 Å². The standard InChI is InChI=1S/C22H36F2N4O3.HI/c1-5-25-22(27-13-18-15-28(10-11-30-18)14-16(3)4)26-12-17-8-7-9-19(29-6-2)20(17)31-21(23)24;/h7-9,16,18,21H,5-6,10-15H2,1-4H3,(H2,25,26,27);1H. The number of rotatable bonds is 11. The van der Waals surface area contributed by atoms with E-state index in [1.165, 1.54) is 0 Å². The molecule has 7 nitrogen and oxygen atoms in total. The van der Waals surface area contributed by atoms with Gasteiger partial charge in [-0.05, 0) is 25.8 Å². The molecule has 32 heavy (non-hydrogen) atoms. The smallest absolute Gasteiger partial charge is 0.387 e. The number of nitrogens with zero attached hydrogens (tertiary/aromatic N) is 2. The van der Waals surface area contributed by atoms with Gasteiger partial charge in [0.05, 0.1) is 25.9 Å². The van der Waals surface area contributed by atoms with Crippen molar-refractivity contribution < 1.29 is 23.0 Å². The van der Waals surface area contributed by atoms with Crippen molar-refractivity contribution in [2.24, 2.45) is 10.9 Å². The first-order chi connectivity index (χ1) is 14.9. The Balaban J connectivity index is 0.00000512. The average molecular weight is 570 g/mol. The van der Waals surface area contributed by atoms with Crippen LogP contribution in [0.1, 0.15) is 33.3 Å². The monoisotopic (exact) mass is 570 g/mol. The third-order valence-corrected chi connectivity index (χ3v) is 4.66. The lowest BCUT2D eigenvalue weighted by atomic mass is 10.2. The summed E-state index contributed by atoms with van der Waals surface area (Å²) < 4.78 is 41.9. The van der Waals surface area contributed by atoms with E-state index in [0.29, 0.717) is 43.7 Å². The summed E-state index contributed by atoms with van der Waals surface area (Å²) in [4.78, 5) is 6.96. The Labute approximate surface area is 207 Å². The van der Waals surface area contributed by atoms with E-state index in [1.54, 1.807) is 25.1 Å². The minimum absolute atomic E-state index is 0. The zero-order valence-corrected chi connectivity index (χ0v) is 21.7.